The van der Waals surface area contributed by atoms with Gasteiger partial charge in [-0.2, -0.15) is 0 Å². The van der Waals surface area contributed by atoms with Gasteiger partial charge < -0.3 is 0 Å². The normalized spacial score (nSPS) is 15.2. The van der Waals surface area contributed by atoms with Gasteiger partial charge in [0.1, 0.15) is 5.38 Å². The predicted octanol–water partition coefficient (Wildman–Crippen LogP) is 2.55. The van der Waals surface area contributed by atoms with Crippen LogP contribution in [0.4, 0.5) is 0 Å². The predicted molar refractivity (Wildman–Crippen MR) is 40.6 cm³/mol. The third-order valence-electron chi connectivity index (χ3n) is 0.644. The summed E-state index contributed by atoms with van der Waals surface area (Å²) in [6, 6.07) is 0. The van der Waals surface area contributed by atoms with Crippen LogP contribution in [-0.2, 0) is 4.79 Å². The van der Waals surface area contributed by atoms with Crippen molar-refractivity contribution in [2.75, 3.05) is 0 Å². The molecule has 0 heterocycles. The Morgan fingerprint density at radius 3 is 1.78 bits per heavy atom. The number of rotatable bonds is 1. The molecule has 1 atom stereocenters. The zero-order valence-corrected chi connectivity index (χ0v) is 7.52. The minimum absolute atomic E-state index is 0.350. The molecule has 0 aliphatic rings. The Balaban J connectivity index is 4.04. The highest BCUT2D eigenvalue weighted by atomic mass is 35.6. The Morgan fingerprint density at radius 2 is 1.78 bits per heavy atom. The lowest BCUT2D eigenvalue weighted by Crippen LogP contribution is -2.26. The largest absolute Gasteiger partial charge is 0.298 e. The van der Waals surface area contributed by atoms with Crippen LogP contribution in [0.15, 0.2) is 0 Å². The first kappa shape index (κ1) is 9.83. The third-order valence-corrected chi connectivity index (χ3v) is 2.27. The highest BCUT2D eigenvalue weighted by Crippen LogP contribution is 2.33. The second-order valence-electron chi connectivity index (χ2n) is 1.51. The number of alkyl halides is 4. The highest BCUT2D eigenvalue weighted by molar-refractivity contribution is 6.71. The molecule has 1 unspecified atom stereocenters. The molecular formula is C4H4Cl4O. The molecule has 0 bridgehead atoms. The van der Waals surface area contributed by atoms with E-state index in [1.165, 1.54) is 6.92 Å². The molecule has 5 heteroatoms. The number of ketones is 1. The molecule has 0 aromatic carbocycles. The summed E-state index contributed by atoms with van der Waals surface area (Å²) < 4.78 is -1.69. The zero-order chi connectivity index (χ0) is 7.65. The van der Waals surface area contributed by atoms with Crippen molar-refractivity contribution in [2.24, 2.45) is 0 Å². The monoisotopic (exact) mass is 208 g/mol. The van der Waals surface area contributed by atoms with Crippen molar-refractivity contribution >= 4 is 52.2 Å². The Labute approximate surface area is 73.2 Å². The quantitative estimate of drug-likeness (QED) is 0.607. The molecule has 0 aliphatic carbocycles. The standard InChI is InChI=1S/C4H4Cl4O/c1-2(9)3(5)4(6,7)8/h3H,1H3. The molecule has 0 saturated carbocycles. The Hall–Kier alpha value is 0.830. The maximum absolute atomic E-state index is 10.4. The van der Waals surface area contributed by atoms with Crippen LogP contribution in [0.2, 0.25) is 0 Å². The first-order valence-corrected chi connectivity index (χ1v) is 3.64. The molecule has 0 aliphatic heterocycles. The van der Waals surface area contributed by atoms with Crippen LogP contribution in [0, 0.1) is 0 Å². The van der Waals surface area contributed by atoms with Crippen LogP contribution in [0.1, 0.15) is 6.92 Å². The van der Waals surface area contributed by atoms with Gasteiger partial charge in [-0.3, -0.25) is 4.79 Å². The van der Waals surface area contributed by atoms with Crippen molar-refractivity contribution in [2.45, 2.75) is 16.1 Å². The number of carbonyl (C=O) groups excluding carboxylic acids is 1. The second kappa shape index (κ2) is 3.29. The number of hydrogen-bond donors (Lipinski definition) is 0. The van der Waals surface area contributed by atoms with Crippen LogP contribution in [0.25, 0.3) is 0 Å². The van der Waals surface area contributed by atoms with E-state index >= 15 is 0 Å². The molecular weight excluding hydrogens is 206 g/mol. The average molecular weight is 210 g/mol. The van der Waals surface area contributed by atoms with Crippen LogP contribution in [-0.4, -0.2) is 15.0 Å². The summed E-state index contributed by atoms with van der Waals surface area (Å²) >= 11 is 21.1. The Morgan fingerprint density at radius 1 is 1.44 bits per heavy atom. The second-order valence-corrected chi connectivity index (χ2v) is 4.32. The van der Waals surface area contributed by atoms with Gasteiger partial charge in [0.15, 0.2) is 5.78 Å². The van der Waals surface area contributed by atoms with Gasteiger partial charge in [-0.1, -0.05) is 34.8 Å². The fourth-order valence-electron chi connectivity index (χ4n) is 0.230. The van der Waals surface area contributed by atoms with Gasteiger partial charge in [0.25, 0.3) is 0 Å². The molecule has 1 nitrogen and oxygen atoms in total. The summed E-state index contributed by atoms with van der Waals surface area (Å²) in [7, 11) is 0. The molecule has 0 aromatic rings. The van der Waals surface area contributed by atoms with Crippen molar-refractivity contribution in [1.29, 1.82) is 0 Å². The molecule has 0 amide bonds. The van der Waals surface area contributed by atoms with E-state index in [0.717, 1.165) is 0 Å². The van der Waals surface area contributed by atoms with Gasteiger partial charge in [0.05, 0.1) is 0 Å². The smallest absolute Gasteiger partial charge is 0.213 e. The lowest BCUT2D eigenvalue weighted by molar-refractivity contribution is -0.116. The number of halogens is 4. The number of Topliss-reactive ketones (excluding diaryl/α,β-unsaturated/α-hetero) is 1. The highest BCUT2D eigenvalue weighted by Gasteiger charge is 2.34. The molecule has 0 radical (unpaired) electrons. The number of carbonyl (C=O) groups is 1. The van der Waals surface area contributed by atoms with Crippen molar-refractivity contribution in [3.63, 3.8) is 0 Å². The van der Waals surface area contributed by atoms with Gasteiger partial charge >= 0.3 is 0 Å². The van der Waals surface area contributed by atoms with Crippen molar-refractivity contribution < 1.29 is 4.79 Å². The summed E-state index contributed by atoms with van der Waals surface area (Å²) in [6.45, 7) is 1.26. The third kappa shape index (κ3) is 3.51. The van der Waals surface area contributed by atoms with Gasteiger partial charge in [0, 0.05) is 0 Å². The van der Waals surface area contributed by atoms with E-state index < -0.39 is 9.17 Å². The van der Waals surface area contributed by atoms with E-state index in [1.807, 2.05) is 0 Å². The average Bonchev–Trinajstić information content (AvgIpc) is 1.62. The van der Waals surface area contributed by atoms with Crippen molar-refractivity contribution in [3.05, 3.63) is 0 Å². The van der Waals surface area contributed by atoms with Crippen LogP contribution in [0.5, 0.6) is 0 Å². The van der Waals surface area contributed by atoms with E-state index in [-0.39, 0.29) is 5.78 Å². The van der Waals surface area contributed by atoms with E-state index in [1.54, 1.807) is 0 Å². The van der Waals surface area contributed by atoms with Crippen LogP contribution in [0.3, 0.4) is 0 Å². The molecule has 0 aromatic heterocycles. The SMILES string of the molecule is CC(=O)C(Cl)C(Cl)(Cl)Cl. The molecule has 0 spiro atoms. The Kier molecular flexibility index (Phi) is 3.59. The summed E-state index contributed by atoms with van der Waals surface area (Å²) in [4.78, 5) is 10.4. The van der Waals surface area contributed by atoms with E-state index in [2.05, 4.69) is 0 Å². The lowest BCUT2D eigenvalue weighted by Gasteiger charge is -2.13. The van der Waals surface area contributed by atoms with Crippen molar-refractivity contribution in [3.8, 4) is 0 Å². The van der Waals surface area contributed by atoms with Gasteiger partial charge in [-0.05, 0) is 6.92 Å². The van der Waals surface area contributed by atoms with Crippen LogP contribution >= 0.6 is 46.4 Å². The maximum atomic E-state index is 10.4. The maximum Gasteiger partial charge on any atom is 0.213 e. The molecule has 0 N–H and O–H groups in total. The van der Waals surface area contributed by atoms with E-state index in [0.29, 0.717) is 0 Å². The zero-order valence-electron chi connectivity index (χ0n) is 4.50. The van der Waals surface area contributed by atoms with Crippen molar-refractivity contribution in [1.82, 2.24) is 0 Å². The van der Waals surface area contributed by atoms with Crippen LogP contribution < -0.4 is 0 Å². The minimum Gasteiger partial charge on any atom is -0.298 e. The van der Waals surface area contributed by atoms with Gasteiger partial charge in [0.2, 0.25) is 3.79 Å². The van der Waals surface area contributed by atoms with Gasteiger partial charge in [-0.25, -0.2) is 0 Å². The first-order chi connectivity index (χ1) is 3.85. The molecule has 9 heavy (non-hydrogen) atoms. The van der Waals surface area contributed by atoms with Gasteiger partial charge in [-0.15, -0.1) is 11.6 Å². The lowest BCUT2D eigenvalue weighted by atomic mass is 10.3. The molecule has 0 rings (SSSR count). The summed E-state index contributed by atoms with van der Waals surface area (Å²) in [6.07, 6.45) is 0. The minimum atomic E-state index is -1.69. The topological polar surface area (TPSA) is 17.1 Å². The number of hydrogen-bond acceptors (Lipinski definition) is 1. The molecule has 54 valence electrons. The summed E-state index contributed by atoms with van der Waals surface area (Å²) in [5.41, 5.74) is 0. The summed E-state index contributed by atoms with van der Waals surface area (Å²) in [5.74, 6) is -0.350. The van der Waals surface area contributed by atoms with E-state index in [9.17, 15) is 4.79 Å². The molecule has 0 fully saturated rings. The fraction of sp³-hybridized carbons (Fsp3) is 0.750. The fourth-order valence-corrected chi connectivity index (χ4v) is 0.691. The first-order valence-electron chi connectivity index (χ1n) is 2.07. The Bertz CT molecular complexity index is 116. The summed E-state index contributed by atoms with van der Waals surface area (Å²) in [5, 5.41) is -1.05. The molecule has 0 saturated heterocycles. The van der Waals surface area contributed by atoms with E-state index in [4.69, 9.17) is 46.4 Å².